The molecule has 2 aromatic rings. The molecule has 0 fully saturated rings. The average molecular weight is 263 g/mol. The number of benzene rings is 1. The fraction of sp³-hybridized carbons (Fsp3) is 0.294. The maximum Gasteiger partial charge on any atom is 0.0999 e. The van der Waals surface area contributed by atoms with E-state index in [4.69, 9.17) is 0 Å². The Morgan fingerprint density at radius 3 is 2.90 bits per heavy atom. The molecular weight excluding hydrogens is 246 g/mol. The lowest BCUT2D eigenvalue weighted by Crippen LogP contribution is -2.24. The van der Waals surface area contributed by atoms with Gasteiger partial charge in [0.25, 0.3) is 0 Å². The highest BCUT2D eigenvalue weighted by Gasteiger charge is 2.18. The van der Waals surface area contributed by atoms with Crippen molar-refractivity contribution in [3.05, 3.63) is 47.2 Å². The number of anilines is 1. The second-order valence-corrected chi connectivity index (χ2v) is 5.38. The van der Waals surface area contributed by atoms with E-state index in [0.717, 1.165) is 36.2 Å². The number of fused-ring (bicyclic) bond motifs is 1. The maximum absolute atomic E-state index is 9.44. The van der Waals surface area contributed by atoms with Gasteiger partial charge in [0, 0.05) is 31.0 Å². The maximum atomic E-state index is 9.44. The second kappa shape index (κ2) is 4.97. The lowest BCUT2D eigenvalue weighted by Gasteiger charge is -2.28. The molecule has 3 rings (SSSR count). The predicted octanol–water partition coefficient (Wildman–Crippen LogP) is 3.31. The Bertz CT molecular complexity index is 698. The van der Waals surface area contributed by atoms with Gasteiger partial charge >= 0.3 is 0 Å². The molecule has 0 bridgehead atoms. The van der Waals surface area contributed by atoms with Crippen LogP contribution < -0.4 is 4.90 Å². The lowest BCUT2D eigenvalue weighted by molar-refractivity contribution is 0.744. The van der Waals surface area contributed by atoms with Crippen molar-refractivity contribution < 1.29 is 0 Å². The number of aromatic nitrogens is 1. The van der Waals surface area contributed by atoms with Crippen LogP contribution in [0.5, 0.6) is 0 Å². The Hall–Kier alpha value is -2.34. The smallest absolute Gasteiger partial charge is 0.0999 e. The summed E-state index contributed by atoms with van der Waals surface area (Å²) in [4.78, 5) is 6.65. The summed E-state index contributed by atoms with van der Waals surface area (Å²) in [7, 11) is 2.09. The third-order valence-electron chi connectivity index (χ3n) is 3.88. The van der Waals surface area contributed by atoms with E-state index in [1.54, 1.807) is 6.20 Å². The van der Waals surface area contributed by atoms with E-state index in [9.17, 15) is 5.26 Å². The van der Waals surface area contributed by atoms with Crippen LogP contribution in [0.1, 0.15) is 23.1 Å². The average Bonchev–Trinajstić information content (AvgIpc) is 2.46. The lowest BCUT2D eigenvalue weighted by atomic mass is 9.94. The zero-order valence-corrected chi connectivity index (χ0v) is 11.8. The van der Waals surface area contributed by atoms with Crippen molar-refractivity contribution >= 4 is 5.69 Å². The predicted molar refractivity (Wildman–Crippen MR) is 80.7 cm³/mol. The fourth-order valence-electron chi connectivity index (χ4n) is 2.80. The van der Waals surface area contributed by atoms with Crippen molar-refractivity contribution in [2.45, 2.75) is 19.8 Å². The number of aryl methyl sites for hydroxylation is 2. The standard InChI is InChI=1S/C17H17N3/c1-12-5-6-19-16(8-12)15-9-13-4-3-7-20(2)17(13)10-14(15)11-18/h5-6,8-10H,3-4,7H2,1-2H3. The summed E-state index contributed by atoms with van der Waals surface area (Å²) >= 11 is 0. The molecule has 0 saturated heterocycles. The van der Waals surface area contributed by atoms with Crippen molar-refractivity contribution in [1.29, 1.82) is 5.26 Å². The zero-order chi connectivity index (χ0) is 14.1. The molecule has 0 spiro atoms. The van der Waals surface area contributed by atoms with Crippen molar-refractivity contribution in [1.82, 2.24) is 4.98 Å². The van der Waals surface area contributed by atoms with E-state index < -0.39 is 0 Å². The molecular formula is C17H17N3. The molecule has 1 aliphatic heterocycles. The molecule has 0 amide bonds. The van der Waals surface area contributed by atoms with E-state index in [2.05, 4.69) is 29.1 Å². The molecule has 2 heterocycles. The first-order chi connectivity index (χ1) is 9.69. The van der Waals surface area contributed by atoms with Crippen LogP contribution in [0.2, 0.25) is 0 Å². The van der Waals surface area contributed by atoms with Crippen LogP contribution in [0, 0.1) is 18.3 Å². The summed E-state index contributed by atoms with van der Waals surface area (Å²) in [6.45, 7) is 3.10. The molecule has 3 nitrogen and oxygen atoms in total. The number of pyridine rings is 1. The Balaban J connectivity index is 2.19. The van der Waals surface area contributed by atoms with Gasteiger partial charge in [-0.2, -0.15) is 5.26 Å². The first kappa shape index (κ1) is 12.7. The number of nitrogens with zero attached hydrogens (tertiary/aromatic N) is 3. The summed E-state index contributed by atoms with van der Waals surface area (Å²) < 4.78 is 0. The highest BCUT2D eigenvalue weighted by Crippen LogP contribution is 2.33. The number of rotatable bonds is 1. The second-order valence-electron chi connectivity index (χ2n) is 5.38. The minimum absolute atomic E-state index is 0.704. The van der Waals surface area contributed by atoms with Crippen LogP contribution in [-0.2, 0) is 6.42 Å². The SMILES string of the molecule is Cc1ccnc(-c2cc3c(cc2C#N)N(C)CCC3)c1. The van der Waals surface area contributed by atoms with E-state index in [1.165, 1.54) is 11.3 Å². The van der Waals surface area contributed by atoms with Gasteiger partial charge in [0.1, 0.15) is 0 Å². The Labute approximate surface area is 119 Å². The summed E-state index contributed by atoms with van der Waals surface area (Å²) in [5.74, 6) is 0. The van der Waals surface area contributed by atoms with Gasteiger partial charge in [-0.05, 0) is 55.2 Å². The third kappa shape index (κ3) is 2.14. The normalized spacial score (nSPS) is 13.8. The number of hydrogen-bond acceptors (Lipinski definition) is 3. The molecule has 0 aliphatic carbocycles. The first-order valence-electron chi connectivity index (χ1n) is 6.90. The molecule has 0 unspecified atom stereocenters. The van der Waals surface area contributed by atoms with Gasteiger partial charge in [0.05, 0.1) is 17.3 Å². The topological polar surface area (TPSA) is 39.9 Å². The van der Waals surface area contributed by atoms with Crippen LogP contribution in [0.3, 0.4) is 0 Å². The van der Waals surface area contributed by atoms with Crippen LogP contribution in [-0.4, -0.2) is 18.6 Å². The van der Waals surface area contributed by atoms with E-state index in [-0.39, 0.29) is 0 Å². The minimum atomic E-state index is 0.704. The van der Waals surface area contributed by atoms with Gasteiger partial charge < -0.3 is 4.90 Å². The van der Waals surface area contributed by atoms with Gasteiger partial charge in [0.15, 0.2) is 0 Å². The van der Waals surface area contributed by atoms with Crippen molar-refractivity contribution in [3.8, 4) is 17.3 Å². The van der Waals surface area contributed by atoms with Crippen LogP contribution >= 0.6 is 0 Å². The van der Waals surface area contributed by atoms with Crippen molar-refractivity contribution in [2.75, 3.05) is 18.5 Å². The molecule has 0 saturated carbocycles. The van der Waals surface area contributed by atoms with Gasteiger partial charge in [-0.3, -0.25) is 4.98 Å². The summed E-state index contributed by atoms with van der Waals surface area (Å²) in [5, 5.41) is 9.44. The highest BCUT2D eigenvalue weighted by atomic mass is 15.1. The van der Waals surface area contributed by atoms with Crippen LogP contribution in [0.25, 0.3) is 11.3 Å². The highest BCUT2D eigenvalue weighted by molar-refractivity contribution is 5.74. The van der Waals surface area contributed by atoms with Crippen molar-refractivity contribution in [2.24, 2.45) is 0 Å². The van der Waals surface area contributed by atoms with E-state index >= 15 is 0 Å². The zero-order valence-electron chi connectivity index (χ0n) is 11.8. The fourth-order valence-corrected chi connectivity index (χ4v) is 2.80. The Kier molecular flexibility index (Phi) is 3.15. The quantitative estimate of drug-likeness (QED) is 0.792. The molecule has 1 aromatic carbocycles. The van der Waals surface area contributed by atoms with E-state index in [1.807, 2.05) is 25.1 Å². The first-order valence-corrected chi connectivity index (χ1v) is 6.90. The molecule has 3 heteroatoms. The third-order valence-corrected chi connectivity index (χ3v) is 3.88. The number of nitriles is 1. The molecule has 0 atom stereocenters. The minimum Gasteiger partial charge on any atom is -0.374 e. The molecule has 1 aromatic heterocycles. The molecule has 0 N–H and O–H groups in total. The van der Waals surface area contributed by atoms with Gasteiger partial charge in [0.2, 0.25) is 0 Å². The van der Waals surface area contributed by atoms with Crippen LogP contribution in [0.4, 0.5) is 5.69 Å². The molecule has 100 valence electrons. The largest absolute Gasteiger partial charge is 0.374 e. The van der Waals surface area contributed by atoms with Crippen molar-refractivity contribution in [3.63, 3.8) is 0 Å². The number of hydrogen-bond donors (Lipinski definition) is 0. The summed E-state index contributed by atoms with van der Waals surface area (Å²) in [5.41, 5.74) is 6.20. The Morgan fingerprint density at radius 1 is 1.30 bits per heavy atom. The van der Waals surface area contributed by atoms with E-state index in [0.29, 0.717) is 5.56 Å². The molecule has 0 radical (unpaired) electrons. The molecule has 20 heavy (non-hydrogen) atoms. The molecule has 1 aliphatic rings. The Morgan fingerprint density at radius 2 is 2.15 bits per heavy atom. The summed E-state index contributed by atoms with van der Waals surface area (Å²) in [6.07, 6.45) is 4.04. The summed E-state index contributed by atoms with van der Waals surface area (Å²) in [6, 6.07) is 10.5. The van der Waals surface area contributed by atoms with Crippen LogP contribution in [0.15, 0.2) is 30.5 Å². The van der Waals surface area contributed by atoms with Gasteiger partial charge in [-0.1, -0.05) is 0 Å². The van der Waals surface area contributed by atoms with Gasteiger partial charge in [-0.15, -0.1) is 0 Å². The van der Waals surface area contributed by atoms with Gasteiger partial charge in [-0.25, -0.2) is 0 Å². The monoisotopic (exact) mass is 263 g/mol.